The summed E-state index contributed by atoms with van der Waals surface area (Å²) in [7, 11) is 0. The summed E-state index contributed by atoms with van der Waals surface area (Å²) in [6.07, 6.45) is -2.52. The highest BCUT2D eigenvalue weighted by atomic mass is 19.4. The Bertz CT molecular complexity index is 322. The topological polar surface area (TPSA) is 57.5 Å². The maximum Gasteiger partial charge on any atom is 0.428 e. The van der Waals surface area contributed by atoms with Gasteiger partial charge in [-0.05, 0) is 26.2 Å². The number of hydrogen-bond acceptors (Lipinski definition) is 2. The zero-order valence-electron chi connectivity index (χ0n) is 8.71. The monoisotopic (exact) mass is 238 g/mol. The molecule has 3 nitrogen and oxygen atoms in total. The van der Waals surface area contributed by atoms with Crippen LogP contribution in [0, 0.1) is 5.92 Å². The van der Waals surface area contributed by atoms with Crippen LogP contribution in [0.25, 0.3) is 0 Å². The van der Waals surface area contributed by atoms with Crippen molar-refractivity contribution >= 4 is 5.97 Å². The van der Waals surface area contributed by atoms with Crippen LogP contribution < -0.4 is 0 Å². The van der Waals surface area contributed by atoms with Crippen LogP contribution >= 0.6 is 0 Å². The van der Waals surface area contributed by atoms with Gasteiger partial charge in [0, 0.05) is 5.92 Å². The Morgan fingerprint density at radius 2 is 2.06 bits per heavy atom. The fraction of sp³-hybridized carbons (Fsp3) is 0.700. The largest absolute Gasteiger partial charge is 0.479 e. The number of allylic oxidation sites excluding steroid dienone is 1. The summed E-state index contributed by atoms with van der Waals surface area (Å²) in [5.74, 6) is -3.63. The summed E-state index contributed by atoms with van der Waals surface area (Å²) in [5, 5.41) is 18.1. The van der Waals surface area contributed by atoms with Crippen molar-refractivity contribution in [1.29, 1.82) is 0 Å². The minimum atomic E-state index is -5.17. The van der Waals surface area contributed by atoms with E-state index in [1.165, 1.54) is 6.92 Å². The summed E-state index contributed by atoms with van der Waals surface area (Å²) < 4.78 is 38.0. The zero-order valence-corrected chi connectivity index (χ0v) is 8.71. The first kappa shape index (κ1) is 13.0. The van der Waals surface area contributed by atoms with Crippen LogP contribution in [0.5, 0.6) is 0 Å². The highest BCUT2D eigenvalue weighted by Crippen LogP contribution is 2.43. The third kappa shape index (κ3) is 1.93. The molecule has 0 heterocycles. The molecular formula is C10H13F3O3. The Balaban J connectivity index is 3.17. The number of aliphatic carboxylic acids is 1. The third-order valence-electron chi connectivity index (χ3n) is 2.98. The van der Waals surface area contributed by atoms with Gasteiger partial charge in [-0.15, -0.1) is 0 Å². The molecule has 16 heavy (non-hydrogen) atoms. The first-order chi connectivity index (χ1) is 7.21. The zero-order chi connectivity index (χ0) is 12.6. The Kier molecular flexibility index (Phi) is 3.33. The molecule has 0 saturated heterocycles. The Labute approximate surface area is 90.6 Å². The van der Waals surface area contributed by atoms with Crippen LogP contribution in [-0.2, 0) is 4.79 Å². The highest BCUT2D eigenvalue weighted by molar-refractivity contribution is 5.79. The van der Waals surface area contributed by atoms with Gasteiger partial charge < -0.3 is 10.2 Å². The number of rotatable bonds is 2. The Morgan fingerprint density at radius 3 is 2.44 bits per heavy atom. The van der Waals surface area contributed by atoms with Gasteiger partial charge in [0.25, 0.3) is 5.60 Å². The average Bonchev–Trinajstić information content (AvgIpc) is 2.15. The summed E-state index contributed by atoms with van der Waals surface area (Å²) in [4.78, 5) is 10.7. The molecule has 0 saturated carbocycles. The van der Waals surface area contributed by atoms with Gasteiger partial charge in [-0.25, -0.2) is 4.79 Å². The lowest BCUT2D eigenvalue weighted by atomic mass is 9.75. The first-order valence-electron chi connectivity index (χ1n) is 4.90. The summed E-state index contributed by atoms with van der Waals surface area (Å²) >= 11 is 0. The van der Waals surface area contributed by atoms with Gasteiger partial charge in [0.2, 0.25) is 0 Å². The van der Waals surface area contributed by atoms with E-state index < -0.39 is 23.7 Å². The number of carboxylic acid groups (broad SMARTS) is 1. The molecule has 0 bridgehead atoms. The number of carboxylic acids is 1. The predicted octanol–water partition coefficient (Wildman–Crippen LogP) is 2.11. The smallest absolute Gasteiger partial charge is 0.428 e. The molecule has 0 radical (unpaired) electrons. The maximum atomic E-state index is 12.7. The quantitative estimate of drug-likeness (QED) is 0.724. The molecule has 2 atom stereocenters. The second-order valence-electron chi connectivity index (χ2n) is 4.00. The van der Waals surface area contributed by atoms with Crippen LogP contribution in [0.2, 0.25) is 0 Å². The molecule has 1 aliphatic rings. The van der Waals surface area contributed by atoms with Gasteiger partial charge in [0.15, 0.2) is 0 Å². The minimum Gasteiger partial charge on any atom is -0.479 e. The van der Waals surface area contributed by atoms with E-state index in [4.69, 9.17) is 5.11 Å². The van der Waals surface area contributed by atoms with Crippen molar-refractivity contribution in [1.82, 2.24) is 0 Å². The molecule has 0 aromatic heterocycles. The van der Waals surface area contributed by atoms with E-state index in [-0.39, 0.29) is 12.0 Å². The molecule has 1 aliphatic carbocycles. The Hall–Kier alpha value is -1.04. The maximum absolute atomic E-state index is 12.7. The highest BCUT2D eigenvalue weighted by Gasteiger charge is 2.64. The summed E-state index contributed by atoms with van der Waals surface area (Å²) in [5.41, 5.74) is -3.39. The van der Waals surface area contributed by atoms with Crippen LogP contribution in [0.1, 0.15) is 26.2 Å². The average molecular weight is 238 g/mol. The standard InChI is InChI=1S/C10H13F3O3/c1-6-4-2-3-5-7(6)9(16,8(14)15)10(11,12)13/h4,7,16H,2-3,5H2,1H3,(H,14,15)/t7-,9-/m1/s1. The third-order valence-corrected chi connectivity index (χ3v) is 2.98. The predicted molar refractivity (Wildman–Crippen MR) is 49.7 cm³/mol. The van der Waals surface area contributed by atoms with Gasteiger partial charge in [-0.2, -0.15) is 13.2 Å². The van der Waals surface area contributed by atoms with E-state index in [2.05, 4.69) is 0 Å². The van der Waals surface area contributed by atoms with E-state index in [0.717, 1.165) is 0 Å². The molecule has 0 amide bonds. The van der Waals surface area contributed by atoms with Crippen LogP contribution in [0.3, 0.4) is 0 Å². The number of alkyl halides is 3. The Morgan fingerprint density at radius 1 is 1.50 bits per heavy atom. The summed E-state index contributed by atoms with van der Waals surface area (Å²) in [6, 6.07) is 0. The number of hydrogen-bond donors (Lipinski definition) is 2. The van der Waals surface area contributed by atoms with Crippen LogP contribution in [0.4, 0.5) is 13.2 Å². The molecule has 1 rings (SSSR count). The number of carbonyl (C=O) groups is 1. The van der Waals surface area contributed by atoms with Crippen molar-refractivity contribution in [2.45, 2.75) is 38.0 Å². The van der Waals surface area contributed by atoms with Gasteiger partial charge >= 0.3 is 12.1 Å². The van der Waals surface area contributed by atoms with E-state index in [1.807, 2.05) is 0 Å². The van der Waals surface area contributed by atoms with E-state index in [1.54, 1.807) is 6.08 Å². The molecule has 0 aromatic carbocycles. The fourth-order valence-corrected chi connectivity index (χ4v) is 2.03. The van der Waals surface area contributed by atoms with Gasteiger partial charge in [0.1, 0.15) is 0 Å². The first-order valence-corrected chi connectivity index (χ1v) is 4.90. The van der Waals surface area contributed by atoms with Crippen molar-refractivity contribution in [3.05, 3.63) is 11.6 Å². The van der Waals surface area contributed by atoms with Crippen molar-refractivity contribution in [2.75, 3.05) is 0 Å². The van der Waals surface area contributed by atoms with Gasteiger partial charge in [0.05, 0.1) is 0 Å². The minimum absolute atomic E-state index is 0.0324. The molecule has 0 spiro atoms. The SMILES string of the molecule is CC1=CCCC[C@H]1[C@@](O)(C(=O)O)C(F)(F)F. The van der Waals surface area contributed by atoms with Crippen molar-refractivity contribution in [3.8, 4) is 0 Å². The van der Waals surface area contributed by atoms with Gasteiger partial charge in [-0.1, -0.05) is 11.6 Å². The summed E-state index contributed by atoms with van der Waals surface area (Å²) in [6.45, 7) is 1.42. The molecule has 92 valence electrons. The lowest BCUT2D eigenvalue weighted by Crippen LogP contribution is -2.58. The fourth-order valence-electron chi connectivity index (χ4n) is 2.03. The lowest BCUT2D eigenvalue weighted by molar-refractivity contribution is -0.273. The van der Waals surface area contributed by atoms with E-state index in [0.29, 0.717) is 12.8 Å². The molecule has 0 aromatic rings. The molecule has 0 aliphatic heterocycles. The number of aliphatic hydroxyl groups is 1. The van der Waals surface area contributed by atoms with Crippen LogP contribution in [0.15, 0.2) is 11.6 Å². The van der Waals surface area contributed by atoms with Crippen molar-refractivity contribution < 1.29 is 28.2 Å². The molecule has 6 heteroatoms. The molecular weight excluding hydrogens is 225 g/mol. The van der Waals surface area contributed by atoms with E-state index in [9.17, 15) is 23.1 Å². The second-order valence-corrected chi connectivity index (χ2v) is 4.00. The second kappa shape index (κ2) is 4.08. The van der Waals surface area contributed by atoms with Crippen molar-refractivity contribution in [2.24, 2.45) is 5.92 Å². The normalized spacial score (nSPS) is 25.8. The number of halogens is 3. The van der Waals surface area contributed by atoms with Crippen LogP contribution in [-0.4, -0.2) is 28.0 Å². The van der Waals surface area contributed by atoms with E-state index >= 15 is 0 Å². The molecule has 0 fully saturated rings. The van der Waals surface area contributed by atoms with Gasteiger partial charge in [-0.3, -0.25) is 0 Å². The molecule has 0 unspecified atom stereocenters. The molecule has 2 N–H and O–H groups in total. The van der Waals surface area contributed by atoms with Crippen molar-refractivity contribution in [3.63, 3.8) is 0 Å². The lowest BCUT2D eigenvalue weighted by Gasteiger charge is -2.36.